The number of nitriles is 1. The van der Waals surface area contributed by atoms with Crippen molar-refractivity contribution >= 4 is 9.84 Å². The van der Waals surface area contributed by atoms with Crippen molar-refractivity contribution in [1.29, 1.82) is 5.26 Å². The number of ether oxygens (including phenoxy) is 1. The van der Waals surface area contributed by atoms with Gasteiger partial charge in [-0.2, -0.15) is 5.26 Å². The van der Waals surface area contributed by atoms with Crippen LogP contribution < -0.4 is 15.9 Å². The summed E-state index contributed by atoms with van der Waals surface area (Å²) in [6, 6.07) is 16.8. The van der Waals surface area contributed by atoms with E-state index in [1.807, 2.05) is 6.07 Å². The minimum atomic E-state index is -4.16. The van der Waals surface area contributed by atoms with Gasteiger partial charge < -0.3 is 20.0 Å². The molecular weight excluding hydrogens is 420 g/mol. The predicted octanol–water partition coefficient (Wildman–Crippen LogP) is 2.13. The highest BCUT2D eigenvalue weighted by Crippen LogP contribution is 2.45. The molecule has 1 unspecified atom stereocenters. The van der Waals surface area contributed by atoms with Gasteiger partial charge >= 0.3 is 0 Å². The highest BCUT2D eigenvalue weighted by Gasteiger charge is 2.42. The van der Waals surface area contributed by atoms with Crippen LogP contribution in [0.5, 0.6) is 5.75 Å². The maximum atomic E-state index is 13.5. The number of benzene rings is 2. The second kappa shape index (κ2) is 7.75. The van der Waals surface area contributed by atoms with E-state index in [1.54, 1.807) is 30.3 Å². The molecule has 9 heteroatoms. The van der Waals surface area contributed by atoms with Crippen molar-refractivity contribution < 1.29 is 22.7 Å². The number of fused-ring (bicyclic) bond motifs is 1. The molecular formula is C22H16N2O6S. The molecule has 3 N–H and O–H groups in total. The maximum Gasteiger partial charge on any atom is 0.228 e. The lowest BCUT2D eigenvalue weighted by molar-refractivity contribution is 0.232. The van der Waals surface area contributed by atoms with Crippen LogP contribution in [0, 0.1) is 11.3 Å². The van der Waals surface area contributed by atoms with Gasteiger partial charge in [-0.15, -0.1) is 0 Å². The Morgan fingerprint density at radius 3 is 2.39 bits per heavy atom. The topological polar surface area (TPSA) is 144 Å². The van der Waals surface area contributed by atoms with E-state index >= 15 is 0 Å². The molecule has 8 nitrogen and oxygen atoms in total. The molecule has 2 aromatic carbocycles. The summed E-state index contributed by atoms with van der Waals surface area (Å²) < 4.78 is 38.1. The second-order valence-electron chi connectivity index (χ2n) is 6.74. The molecule has 0 bridgehead atoms. The van der Waals surface area contributed by atoms with Crippen LogP contribution in [0.4, 0.5) is 0 Å². The molecule has 1 atom stereocenters. The van der Waals surface area contributed by atoms with Crippen LogP contribution in [0.25, 0.3) is 0 Å². The maximum absolute atomic E-state index is 13.5. The van der Waals surface area contributed by atoms with Gasteiger partial charge in [0.25, 0.3) is 0 Å². The van der Waals surface area contributed by atoms with Gasteiger partial charge in [0.15, 0.2) is 5.76 Å². The monoisotopic (exact) mass is 436 g/mol. The molecule has 0 saturated carbocycles. The molecule has 1 aromatic heterocycles. The molecule has 0 saturated heterocycles. The van der Waals surface area contributed by atoms with E-state index in [0.29, 0.717) is 11.1 Å². The van der Waals surface area contributed by atoms with Crippen LogP contribution in [-0.4, -0.2) is 13.5 Å². The van der Waals surface area contributed by atoms with Gasteiger partial charge in [0.05, 0.1) is 22.4 Å². The third kappa shape index (κ3) is 3.48. The lowest BCUT2D eigenvalue weighted by atomic mass is 9.93. The van der Waals surface area contributed by atoms with E-state index in [0.717, 1.165) is 6.07 Å². The van der Waals surface area contributed by atoms with Gasteiger partial charge in [-0.1, -0.05) is 30.3 Å². The first-order valence-corrected chi connectivity index (χ1v) is 10.6. The predicted molar refractivity (Wildman–Crippen MR) is 109 cm³/mol. The van der Waals surface area contributed by atoms with E-state index in [-0.39, 0.29) is 27.1 Å². The zero-order chi connectivity index (χ0) is 22.2. The van der Waals surface area contributed by atoms with Crippen LogP contribution >= 0.6 is 0 Å². The first-order valence-electron chi connectivity index (χ1n) is 9.12. The first-order chi connectivity index (χ1) is 14.9. The number of aliphatic hydroxyl groups excluding tert-OH is 1. The summed E-state index contributed by atoms with van der Waals surface area (Å²) in [6.45, 7) is -0.567. The first kappa shape index (κ1) is 20.4. The van der Waals surface area contributed by atoms with E-state index in [4.69, 9.17) is 20.1 Å². The number of nitrogens with zero attached hydrogens (tertiary/aromatic N) is 1. The molecule has 4 rings (SSSR count). The average Bonchev–Trinajstić information content (AvgIpc) is 2.79. The molecule has 31 heavy (non-hydrogen) atoms. The number of hydrogen-bond acceptors (Lipinski definition) is 8. The van der Waals surface area contributed by atoms with E-state index in [1.165, 1.54) is 24.3 Å². The Hall–Kier alpha value is -3.87. The fraction of sp³-hybridized carbons (Fsp3) is 0.0909. The highest BCUT2D eigenvalue weighted by molar-refractivity contribution is 7.95. The molecule has 0 amide bonds. The minimum Gasteiger partial charge on any atom is -0.458 e. The fourth-order valence-electron chi connectivity index (χ4n) is 3.41. The lowest BCUT2D eigenvalue weighted by Crippen LogP contribution is -2.29. The van der Waals surface area contributed by atoms with Crippen molar-refractivity contribution in [2.75, 3.05) is 0 Å². The van der Waals surface area contributed by atoms with E-state index in [9.17, 15) is 18.3 Å². The largest absolute Gasteiger partial charge is 0.458 e. The second-order valence-corrected chi connectivity index (χ2v) is 8.66. The Balaban J connectivity index is 2.02. The van der Waals surface area contributed by atoms with Crippen molar-refractivity contribution in [3.05, 3.63) is 104 Å². The van der Waals surface area contributed by atoms with Gasteiger partial charge in [-0.25, -0.2) is 8.42 Å². The summed E-state index contributed by atoms with van der Waals surface area (Å²) in [5, 5.41) is 18.6. The number of allylic oxidation sites excluding steroid dienone is 1. The molecule has 0 spiro atoms. The van der Waals surface area contributed by atoms with Crippen molar-refractivity contribution in [3.8, 4) is 11.8 Å². The van der Waals surface area contributed by atoms with Crippen molar-refractivity contribution in [2.45, 2.75) is 17.4 Å². The van der Waals surface area contributed by atoms with Crippen molar-refractivity contribution in [2.24, 2.45) is 5.73 Å². The zero-order valence-corrected chi connectivity index (χ0v) is 16.8. The van der Waals surface area contributed by atoms with Gasteiger partial charge in [0.2, 0.25) is 26.9 Å². The number of nitrogens with two attached hydrogens (primary N) is 1. The summed E-state index contributed by atoms with van der Waals surface area (Å²) in [5.41, 5.74) is 6.21. The fourth-order valence-corrected chi connectivity index (χ4v) is 5.04. The van der Waals surface area contributed by atoms with E-state index in [2.05, 4.69) is 0 Å². The number of hydrogen-bond donors (Lipinski definition) is 2. The lowest BCUT2D eigenvalue weighted by Gasteiger charge is -2.27. The molecule has 2 heterocycles. The minimum absolute atomic E-state index is 0.0145. The van der Waals surface area contributed by atoms with Crippen LogP contribution in [0.15, 0.2) is 85.6 Å². The number of sulfone groups is 1. The third-order valence-corrected chi connectivity index (χ3v) is 6.74. The molecule has 0 aliphatic carbocycles. The number of rotatable bonds is 4. The quantitative estimate of drug-likeness (QED) is 0.633. The Morgan fingerprint density at radius 2 is 1.77 bits per heavy atom. The Morgan fingerprint density at radius 1 is 1.10 bits per heavy atom. The SMILES string of the molecule is N#Cc1ccc(C2C(S(=O)(=O)c3ccccc3)=C(N)Oc3c2oc(CO)cc3=O)cc1. The van der Waals surface area contributed by atoms with Crippen LogP contribution in [0.1, 0.15) is 28.6 Å². The molecule has 156 valence electrons. The Labute approximate surface area is 177 Å². The van der Waals surface area contributed by atoms with Crippen molar-refractivity contribution in [1.82, 2.24) is 0 Å². The molecule has 0 fully saturated rings. The number of aliphatic hydroxyl groups is 1. The molecule has 0 radical (unpaired) electrons. The summed E-state index contributed by atoms with van der Waals surface area (Å²) in [5.74, 6) is -1.97. The van der Waals surface area contributed by atoms with Gasteiger partial charge in [0, 0.05) is 6.07 Å². The van der Waals surface area contributed by atoms with E-state index < -0.39 is 33.7 Å². The van der Waals surface area contributed by atoms with Crippen LogP contribution in [-0.2, 0) is 16.4 Å². The summed E-state index contributed by atoms with van der Waals surface area (Å²) in [4.78, 5) is 12.2. The standard InChI is InChI=1S/C22H16N2O6S/c23-11-13-6-8-14(9-7-13)18-20-19(17(26)10-15(12-25)29-20)30-22(24)21(18)31(27,28)16-4-2-1-3-5-16/h1-10,18,25H,12,24H2. The highest BCUT2D eigenvalue weighted by atomic mass is 32.2. The third-order valence-electron chi connectivity index (χ3n) is 4.83. The summed E-state index contributed by atoms with van der Waals surface area (Å²) in [6.07, 6.45) is 0. The molecule has 3 aromatic rings. The summed E-state index contributed by atoms with van der Waals surface area (Å²) >= 11 is 0. The molecule has 1 aliphatic heterocycles. The van der Waals surface area contributed by atoms with Crippen molar-refractivity contribution in [3.63, 3.8) is 0 Å². The molecule has 1 aliphatic rings. The Kier molecular flexibility index (Phi) is 5.10. The smallest absolute Gasteiger partial charge is 0.228 e. The van der Waals surface area contributed by atoms with Crippen LogP contribution in [0.2, 0.25) is 0 Å². The van der Waals surface area contributed by atoms with Crippen LogP contribution in [0.3, 0.4) is 0 Å². The normalized spacial score (nSPS) is 15.7. The summed E-state index contributed by atoms with van der Waals surface area (Å²) in [7, 11) is -4.16. The van der Waals surface area contributed by atoms with Gasteiger partial charge in [-0.3, -0.25) is 4.79 Å². The van der Waals surface area contributed by atoms with Gasteiger partial charge in [-0.05, 0) is 29.8 Å². The van der Waals surface area contributed by atoms with Gasteiger partial charge in [0.1, 0.15) is 17.3 Å². The zero-order valence-electron chi connectivity index (χ0n) is 16.0. The Bertz CT molecular complexity index is 1380. The average molecular weight is 436 g/mol.